The van der Waals surface area contributed by atoms with Crippen molar-refractivity contribution >= 4 is 0 Å². The normalized spacial score (nSPS) is 12.6. The van der Waals surface area contributed by atoms with Crippen molar-refractivity contribution in [2.24, 2.45) is 7.05 Å². The van der Waals surface area contributed by atoms with Crippen LogP contribution in [0, 0.1) is 6.92 Å². The first-order chi connectivity index (χ1) is 8.70. The van der Waals surface area contributed by atoms with E-state index in [4.69, 9.17) is 0 Å². The minimum atomic E-state index is 0.186. The SMILES string of the molecule is CCCNC(c1cccc(C)c1)c1cn(C)cn1. The van der Waals surface area contributed by atoms with Gasteiger partial charge in [0.15, 0.2) is 0 Å². The molecule has 18 heavy (non-hydrogen) atoms. The summed E-state index contributed by atoms with van der Waals surface area (Å²) in [4.78, 5) is 4.48. The summed E-state index contributed by atoms with van der Waals surface area (Å²) in [5, 5.41) is 3.57. The van der Waals surface area contributed by atoms with Gasteiger partial charge in [0.25, 0.3) is 0 Å². The molecule has 1 atom stereocenters. The zero-order valence-corrected chi connectivity index (χ0v) is 11.4. The molecule has 1 unspecified atom stereocenters. The highest BCUT2D eigenvalue weighted by atomic mass is 15.0. The summed E-state index contributed by atoms with van der Waals surface area (Å²) in [5.74, 6) is 0. The second kappa shape index (κ2) is 5.83. The summed E-state index contributed by atoms with van der Waals surface area (Å²) < 4.78 is 1.99. The lowest BCUT2D eigenvalue weighted by Gasteiger charge is -2.17. The van der Waals surface area contributed by atoms with Gasteiger partial charge in [-0.05, 0) is 25.5 Å². The fourth-order valence-corrected chi connectivity index (χ4v) is 2.11. The van der Waals surface area contributed by atoms with Crippen molar-refractivity contribution in [2.45, 2.75) is 26.3 Å². The van der Waals surface area contributed by atoms with E-state index in [0.717, 1.165) is 18.7 Å². The lowest BCUT2D eigenvalue weighted by atomic mass is 10.0. The minimum Gasteiger partial charge on any atom is -0.340 e. The van der Waals surface area contributed by atoms with Gasteiger partial charge in [-0.1, -0.05) is 36.8 Å². The highest BCUT2D eigenvalue weighted by Gasteiger charge is 2.15. The van der Waals surface area contributed by atoms with Crippen LogP contribution in [0.15, 0.2) is 36.8 Å². The van der Waals surface area contributed by atoms with Gasteiger partial charge in [0.1, 0.15) is 0 Å². The Labute approximate surface area is 109 Å². The van der Waals surface area contributed by atoms with Crippen molar-refractivity contribution in [3.63, 3.8) is 0 Å². The molecular weight excluding hydrogens is 222 g/mol. The van der Waals surface area contributed by atoms with Crippen molar-refractivity contribution in [1.29, 1.82) is 0 Å². The van der Waals surface area contributed by atoms with Crippen molar-refractivity contribution in [2.75, 3.05) is 6.54 Å². The Morgan fingerprint density at radius 3 is 2.83 bits per heavy atom. The molecular formula is C15H21N3. The minimum absolute atomic E-state index is 0.186. The quantitative estimate of drug-likeness (QED) is 0.875. The van der Waals surface area contributed by atoms with Crippen LogP contribution in [0.4, 0.5) is 0 Å². The Hall–Kier alpha value is -1.61. The molecule has 0 aliphatic rings. The maximum Gasteiger partial charge on any atom is 0.0947 e. The third kappa shape index (κ3) is 2.99. The van der Waals surface area contributed by atoms with Crippen LogP contribution in [0.2, 0.25) is 0 Å². The van der Waals surface area contributed by atoms with Crippen molar-refractivity contribution in [3.05, 3.63) is 53.6 Å². The van der Waals surface area contributed by atoms with E-state index < -0.39 is 0 Å². The molecule has 1 heterocycles. The molecule has 2 rings (SSSR count). The second-order valence-corrected chi connectivity index (χ2v) is 4.77. The fourth-order valence-electron chi connectivity index (χ4n) is 2.11. The van der Waals surface area contributed by atoms with Gasteiger partial charge in [0.05, 0.1) is 18.1 Å². The Balaban J connectivity index is 2.30. The molecule has 0 bridgehead atoms. The standard InChI is InChI=1S/C15H21N3/c1-4-8-16-15(14-10-18(3)11-17-14)13-7-5-6-12(2)9-13/h5-7,9-11,15-16H,4,8H2,1-3H3. The van der Waals surface area contributed by atoms with E-state index in [9.17, 15) is 0 Å². The monoisotopic (exact) mass is 243 g/mol. The van der Waals surface area contributed by atoms with E-state index in [2.05, 4.69) is 54.6 Å². The molecule has 0 saturated heterocycles. The number of nitrogens with zero attached hydrogens (tertiary/aromatic N) is 2. The second-order valence-electron chi connectivity index (χ2n) is 4.77. The largest absolute Gasteiger partial charge is 0.340 e. The molecule has 0 aliphatic carbocycles. The zero-order chi connectivity index (χ0) is 13.0. The predicted octanol–water partition coefficient (Wildman–Crippen LogP) is 2.82. The highest BCUT2D eigenvalue weighted by Crippen LogP contribution is 2.21. The average Bonchev–Trinajstić information content (AvgIpc) is 2.76. The van der Waals surface area contributed by atoms with Gasteiger partial charge in [-0.2, -0.15) is 0 Å². The van der Waals surface area contributed by atoms with Gasteiger partial charge in [-0.3, -0.25) is 0 Å². The van der Waals surface area contributed by atoms with E-state index in [1.54, 1.807) is 0 Å². The van der Waals surface area contributed by atoms with Crippen LogP contribution in [0.5, 0.6) is 0 Å². The van der Waals surface area contributed by atoms with E-state index >= 15 is 0 Å². The molecule has 0 spiro atoms. The number of rotatable bonds is 5. The lowest BCUT2D eigenvalue weighted by Crippen LogP contribution is -2.23. The van der Waals surface area contributed by atoms with Crippen LogP contribution >= 0.6 is 0 Å². The molecule has 2 aromatic rings. The van der Waals surface area contributed by atoms with E-state index in [1.807, 2.05) is 17.9 Å². The van der Waals surface area contributed by atoms with E-state index in [1.165, 1.54) is 11.1 Å². The maximum atomic E-state index is 4.48. The molecule has 1 N–H and O–H groups in total. The number of imidazole rings is 1. The van der Waals surface area contributed by atoms with Crippen molar-refractivity contribution in [1.82, 2.24) is 14.9 Å². The number of hydrogen-bond donors (Lipinski definition) is 1. The summed E-state index contributed by atoms with van der Waals surface area (Å²) in [6, 6.07) is 8.80. The average molecular weight is 243 g/mol. The number of hydrogen-bond acceptors (Lipinski definition) is 2. The first-order valence-corrected chi connectivity index (χ1v) is 6.48. The van der Waals surface area contributed by atoms with Gasteiger partial charge >= 0.3 is 0 Å². The first kappa shape index (κ1) is 12.8. The molecule has 0 aliphatic heterocycles. The molecule has 3 nitrogen and oxygen atoms in total. The van der Waals surface area contributed by atoms with Crippen LogP contribution in [-0.4, -0.2) is 16.1 Å². The Morgan fingerprint density at radius 1 is 1.39 bits per heavy atom. The smallest absolute Gasteiger partial charge is 0.0947 e. The third-order valence-corrected chi connectivity index (χ3v) is 2.99. The van der Waals surface area contributed by atoms with Crippen molar-refractivity contribution in [3.8, 4) is 0 Å². The number of aryl methyl sites for hydroxylation is 2. The molecule has 0 fully saturated rings. The topological polar surface area (TPSA) is 29.9 Å². The first-order valence-electron chi connectivity index (χ1n) is 6.48. The van der Waals surface area contributed by atoms with Crippen LogP contribution < -0.4 is 5.32 Å². The molecule has 0 saturated carbocycles. The van der Waals surface area contributed by atoms with Crippen LogP contribution in [-0.2, 0) is 7.05 Å². The summed E-state index contributed by atoms with van der Waals surface area (Å²) >= 11 is 0. The number of benzene rings is 1. The number of nitrogens with one attached hydrogen (secondary N) is 1. The van der Waals surface area contributed by atoms with Gasteiger partial charge in [-0.25, -0.2) is 4.98 Å². The van der Waals surface area contributed by atoms with E-state index in [-0.39, 0.29) is 6.04 Å². The Kier molecular flexibility index (Phi) is 4.15. The number of aromatic nitrogens is 2. The van der Waals surface area contributed by atoms with Crippen LogP contribution in [0.3, 0.4) is 0 Å². The maximum absolute atomic E-state index is 4.48. The molecule has 1 aromatic carbocycles. The molecule has 1 aromatic heterocycles. The van der Waals surface area contributed by atoms with Crippen LogP contribution in [0.25, 0.3) is 0 Å². The summed E-state index contributed by atoms with van der Waals surface area (Å²) in [5.41, 5.74) is 3.64. The molecule has 0 amide bonds. The van der Waals surface area contributed by atoms with Gasteiger partial charge < -0.3 is 9.88 Å². The molecule has 3 heteroatoms. The Morgan fingerprint density at radius 2 is 2.22 bits per heavy atom. The summed E-state index contributed by atoms with van der Waals surface area (Å²) in [6.45, 7) is 5.30. The summed E-state index contributed by atoms with van der Waals surface area (Å²) in [6.07, 6.45) is 5.05. The van der Waals surface area contributed by atoms with Gasteiger partial charge in [0, 0.05) is 13.2 Å². The van der Waals surface area contributed by atoms with Gasteiger partial charge in [0.2, 0.25) is 0 Å². The Bertz CT molecular complexity index is 502. The fraction of sp³-hybridized carbons (Fsp3) is 0.400. The summed E-state index contributed by atoms with van der Waals surface area (Å²) in [7, 11) is 2.00. The van der Waals surface area contributed by atoms with Crippen LogP contribution in [0.1, 0.15) is 36.2 Å². The third-order valence-electron chi connectivity index (χ3n) is 2.99. The predicted molar refractivity (Wildman–Crippen MR) is 74.5 cm³/mol. The molecule has 0 radical (unpaired) electrons. The highest BCUT2D eigenvalue weighted by molar-refractivity contribution is 5.30. The van der Waals surface area contributed by atoms with E-state index in [0.29, 0.717) is 0 Å². The van der Waals surface area contributed by atoms with Crippen molar-refractivity contribution < 1.29 is 0 Å². The lowest BCUT2D eigenvalue weighted by molar-refractivity contribution is 0.588. The molecule has 96 valence electrons. The van der Waals surface area contributed by atoms with Gasteiger partial charge in [-0.15, -0.1) is 0 Å². The zero-order valence-electron chi connectivity index (χ0n) is 11.4.